The Morgan fingerprint density at radius 1 is 0.403 bits per heavy atom. The fourth-order valence-electron chi connectivity index (χ4n) is 10.1. The number of benzene rings is 9. The molecule has 6 heteroatoms. The van der Waals surface area contributed by atoms with Crippen molar-refractivity contribution >= 4 is 108 Å². The van der Waals surface area contributed by atoms with Crippen LogP contribution in [-0.4, -0.2) is 19.1 Å². The van der Waals surface area contributed by atoms with Gasteiger partial charge in [-0.3, -0.25) is 4.57 Å². The van der Waals surface area contributed by atoms with Gasteiger partial charge in [-0.1, -0.05) is 146 Å². The number of hydrogen-bond acceptors (Lipinski definition) is 4. The lowest BCUT2D eigenvalue weighted by molar-refractivity contribution is 0.673. The van der Waals surface area contributed by atoms with E-state index >= 15 is 0 Å². The van der Waals surface area contributed by atoms with Crippen LogP contribution in [0, 0.1) is 0 Å². The molecular formula is C56H32N4OS. The van der Waals surface area contributed by atoms with E-state index < -0.39 is 0 Å². The predicted octanol–water partition coefficient (Wildman–Crippen LogP) is 15.4. The maximum absolute atomic E-state index is 7.19. The van der Waals surface area contributed by atoms with E-state index in [1.165, 1.54) is 37.5 Å². The fraction of sp³-hybridized carbons (Fsp3) is 0. The fourth-order valence-corrected chi connectivity index (χ4v) is 11.2. The van der Waals surface area contributed by atoms with Crippen LogP contribution >= 0.6 is 11.3 Å². The summed E-state index contributed by atoms with van der Waals surface area (Å²) in [7, 11) is 0. The van der Waals surface area contributed by atoms with Crippen LogP contribution in [0.4, 0.5) is 0 Å². The largest absolute Gasteiger partial charge is 0.455 e. The molecule has 62 heavy (non-hydrogen) atoms. The Bertz CT molecular complexity index is 4120. The van der Waals surface area contributed by atoms with E-state index in [1.54, 1.807) is 11.3 Å². The summed E-state index contributed by atoms with van der Waals surface area (Å²) in [5, 5.41) is 10.2. The Hall–Kier alpha value is -8.06. The number of para-hydroxylation sites is 3. The zero-order valence-electron chi connectivity index (χ0n) is 33.1. The van der Waals surface area contributed by atoms with Gasteiger partial charge < -0.3 is 8.98 Å². The van der Waals surface area contributed by atoms with Crippen LogP contribution in [0.1, 0.15) is 0 Å². The number of fused-ring (bicyclic) bond motifs is 15. The first-order valence-corrected chi connectivity index (χ1v) is 21.7. The molecule has 288 valence electrons. The van der Waals surface area contributed by atoms with E-state index in [9.17, 15) is 0 Å². The zero-order valence-corrected chi connectivity index (χ0v) is 33.9. The summed E-state index contributed by atoms with van der Waals surface area (Å²) in [4.78, 5) is 11.0. The van der Waals surface area contributed by atoms with E-state index in [0.717, 1.165) is 87.2 Å². The minimum atomic E-state index is 0.627. The van der Waals surface area contributed by atoms with Crippen molar-refractivity contribution in [1.29, 1.82) is 0 Å². The van der Waals surface area contributed by atoms with E-state index in [1.807, 2.05) is 0 Å². The first-order chi connectivity index (χ1) is 30.8. The van der Waals surface area contributed by atoms with Crippen LogP contribution in [0.15, 0.2) is 199 Å². The summed E-state index contributed by atoms with van der Waals surface area (Å²) >= 11 is 1.75. The number of aromatic nitrogens is 4. The monoisotopic (exact) mass is 808 g/mol. The molecule has 9 aromatic carbocycles. The molecule has 0 fully saturated rings. The number of nitrogens with zero attached hydrogens (tertiary/aromatic N) is 4. The van der Waals surface area contributed by atoms with Gasteiger partial charge in [0.15, 0.2) is 0 Å². The van der Waals surface area contributed by atoms with Crippen LogP contribution < -0.4 is 0 Å². The predicted molar refractivity (Wildman–Crippen MR) is 259 cm³/mol. The minimum absolute atomic E-state index is 0.627. The average molecular weight is 809 g/mol. The van der Waals surface area contributed by atoms with Gasteiger partial charge in [0.1, 0.15) is 11.2 Å². The highest BCUT2D eigenvalue weighted by atomic mass is 32.1. The number of thiophene rings is 1. The highest BCUT2D eigenvalue weighted by Crippen LogP contribution is 2.46. The van der Waals surface area contributed by atoms with Crippen LogP contribution in [0.2, 0.25) is 0 Å². The SMILES string of the molecule is c1ccc(-c2cccc(-c3nc(-n4c5ccccc5c5c6oc7cc(-n8c9ccccc9c9ccccc98)c8ccccc8c7c6ccc54)nc4c3sc3ccccc34)c2)cc1. The number of hydrogen-bond donors (Lipinski definition) is 0. The smallest absolute Gasteiger partial charge is 0.235 e. The topological polar surface area (TPSA) is 48.8 Å². The summed E-state index contributed by atoms with van der Waals surface area (Å²) < 4.78 is 14.1. The van der Waals surface area contributed by atoms with Gasteiger partial charge in [-0.15, -0.1) is 11.3 Å². The minimum Gasteiger partial charge on any atom is -0.455 e. The van der Waals surface area contributed by atoms with Gasteiger partial charge >= 0.3 is 0 Å². The van der Waals surface area contributed by atoms with Crippen molar-refractivity contribution in [3.63, 3.8) is 0 Å². The molecule has 0 saturated carbocycles. The number of furan rings is 1. The van der Waals surface area contributed by atoms with Crippen molar-refractivity contribution in [3.8, 4) is 34.0 Å². The Morgan fingerprint density at radius 2 is 1.02 bits per heavy atom. The molecule has 0 amide bonds. The Morgan fingerprint density at radius 3 is 1.79 bits per heavy atom. The van der Waals surface area contributed by atoms with Crippen LogP contribution in [-0.2, 0) is 0 Å². The maximum atomic E-state index is 7.19. The van der Waals surface area contributed by atoms with Crippen molar-refractivity contribution in [2.45, 2.75) is 0 Å². The van der Waals surface area contributed by atoms with Gasteiger partial charge in [0, 0.05) is 54.0 Å². The molecule has 0 radical (unpaired) electrons. The lowest BCUT2D eigenvalue weighted by Crippen LogP contribution is -2.02. The lowest BCUT2D eigenvalue weighted by atomic mass is 10.0. The summed E-state index contributed by atoms with van der Waals surface area (Å²) in [5.41, 5.74) is 12.4. The van der Waals surface area contributed by atoms with Crippen molar-refractivity contribution in [2.24, 2.45) is 0 Å². The Balaban J connectivity index is 1.06. The highest BCUT2D eigenvalue weighted by molar-refractivity contribution is 7.26. The zero-order chi connectivity index (χ0) is 40.5. The molecule has 5 nitrogen and oxygen atoms in total. The molecule has 0 aliphatic carbocycles. The molecule has 5 heterocycles. The number of rotatable bonds is 4. The van der Waals surface area contributed by atoms with E-state index in [2.05, 4.69) is 203 Å². The van der Waals surface area contributed by atoms with E-state index in [4.69, 9.17) is 14.4 Å². The summed E-state index contributed by atoms with van der Waals surface area (Å²) in [6.07, 6.45) is 0. The molecule has 14 rings (SSSR count). The summed E-state index contributed by atoms with van der Waals surface area (Å²) in [5.74, 6) is 0.627. The van der Waals surface area contributed by atoms with Gasteiger partial charge in [0.05, 0.1) is 49.1 Å². The van der Waals surface area contributed by atoms with Gasteiger partial charge in [-0.05, 0) is 59.0 Å². The summed E-state index contributed by atoms with van der Waals surface area (Å²) in [6.45, 7) is 0. The maximum Gasteiger partial charge on any atom is 0.235 e. The first-order valence-electron chi connectivity index (χ1n) is 20.9. The standard InChI is InChI=1S/C56H32N4OS/c1-2-15-33(16-3-1)34-17-14-18-35(31-34)52-55-53(41-24-9-13-28-49(41)62-55)58-56(57-52)60-45-27-12-8-23-40(45)51-46(60)30-29-42-50-39-22-5-4-21-38(39)47(32-48(50)61-54(42)51)59-43-25-10-6-19-36(43)37-20-7-11-26-44(37)59/h1-32H. The molecular weight excluding hydrogens is 777 g/mol. The molecule has 14 aromatic rings. The molecule has 0 aliphatic rings. The third-order valence-electron chi connectivity index (χ3n) is 12.7. The molecule has 0 N–H and O–H groups in total. The second-order valence-corrected chi connectivity index (χ2v) is 17.1. The van der Waals surface area contributed by atoms with Crippen LogP contribution in [0.3, 0.4) is 0 Å². The molecule has 0 bridgehead atoms. The van der Waals surface area contributed by atoms with E-state index in [0.29, 0.717) is 5.95 Å². The molecule has 0 saturated heterocycles. The first kappa shape index (κ1) is 33.7. The van der Waals surface area contributed by atoms with Crippen LogP contribution in [0.25, 0.3) is 131 Å². The third kappa shape index (κ3) is 4.67. The summed E-state index contributed by atoms with van der Waals surface area (Å²) in [6, 6.07) is 69.2. The van der Waals surface area contributed by atoms with Crippen LogP contribution in [0.5, 0.6) is 0 Å². The molecule has 0 unspecified atom stereocenters. The van der Waals surface area contributed by atoms with E-state index in [-0.39, 0.29) is 0 Å². The van der Waals surface area contributed by atoms with Gasteiger partial charge in [0.2, 0.25) is 5.95 Å². The third-order valence-corrected chi connectivity index (χ3v) is 13.9. The quantitative estimate of drug-likeness (QED) is 0.178. The Labute approximate surface area is 358 Å². The second-order valence-electron chi connectivity index (χ2n) is 16.1. The molecule has 5 aromatic heterocycles. The van der Waals surface area contributed by atoms with Crippen molar-refractivity contribution in [3.05, 3.63) is 194 Å². The van der Waals surface area contributed by atoms with Crippen molar-refractivity contribution < 1.29 is 4.42 Å². The van der Waals surface area contributed by atoms with Crippen molar-refractivity contribution in [2.75, 3.05) is 0 Å². The molecule has 0 atom stereocenters. The second kappa shape index (κ2) is 12.7. The lowest BCUT2D eigenvalue weighted by Gasteiger charge is -2.12. The van der Waals surface area contributed by atoms with Crippen molar-refractivity contribution in [1.82, 2.24) is 19.1 Å². The average Bonchev–Trinajstić information content (AvgIpc) is 4.09. The van der Waals surface area contributed by atoms with Gasteiger partial charge in [-0.2, -0.15) is 0 Å². The van der Waals surface area contributed by atoms with Gasteiger partial charge in [0.25, 0.3) is 0 Å². The van der Waals surface area contributed by atoms with Gasteiger partial charge in [-0.25, -0.2) is 9.97 Å². The molecule has 0 aliphatic heterocycles. The highest BCUT2D eigenvalue weighted by Gasteiger charge is 2.24. The normalized spacial score (nSPS) is 12.2. The Kier molecular flexibility index (Phi) is 6.92. The molecule has 0 spiro atoms.